The smallest absolute Gasteiger partial charge is 0.179 e. The first-order chi connectivity index (χ1) is 11.2. The van der Waals surface area contributed by atoms with E-state index in [0.29, 0.717) is 5.56 Å². The summed E-state index contributed by atoms with van der Waals surface area (Å²) in [5, 5.41) is 3.37. The fourth-order valence-electron chi connectivity index (χ4n) is 3.57. The van der Waals surface area contributed by atoms with Crippen molar-refractivity contribution >= 4 is 5.78 Å². The molecule has 0 aromatic heterocycles. The van der Waals surface area contributed by atoms with E-state index >= 15 is 0 Å². The van der Waals surface area contributed by atoms with Gasteiger partial charge in [0.25, 0.3) is 0 Å². The van der Waals surface area contributed by atoms with Gasteiger partial charge in [0, 0.05) is 44.8 Å². The highest BCUT2D eigenvalue weighted by atomic mass is 19.1. The van der Waals surface area contributed by atoms with Crippen molar-refractivity contribution in [1.29, 1.82) is 0 Å². The van der Waals surface area contributed by atoms with E-state index in [1.807, 2.05) is 0 Å². The number of hydrogen-bond acceptors (Lipinski definition) is 4. The summed E-state index contributed by atoms with van der Waals surface area (Å²) in [5.41, 5.74) is 0.630. The lowest BCUT2D eigenvalue weighted by atomic mass is 9.94. The summed E-state index contributed by atoms with van der Waals surface area (Å²) in [5.74, 6) is -0.147. The van der Waals surface area contributed by atoms with Gasteiger partial charge >= 0.3 is 0 Å². The van der Waals surface area contributed by atoms with Crippen LogP contribution in [0.3, 0.4) is 0 Å². The maximum absolute atomic E-state index is 13.1. The van der Waals surface area contributed by atoms with Crippen LogP contribution < -0.4 is 5.32 Å². The second-order valence-electron chi connectivity index (χ2n) is 6.51. The Balaban J connectivity index is 1.61. The molecule has 23 heavy (non-hydrogen) atoms. The maximum atomic E-state index is 13.1. The minimum atomic E-state index is -0.291. The molecular weight excluding hydrogens is 293 g/mol. The number of halogens is 1. The molecule has 0 amide bonds. The van der Waals surface area contributed by atoms with Crippen LogP contribution in [-0.2, 0) is 0 Å². The third-order valence-corrected chi connectivity index (χ3v) is 4.96. The monoisotopic (exact) mass is 319 g/mol. The number of rotatable bonds is 5. The van der Waals surface area contributed by atoms with Crippen molar-refractivity contribution in [3.8, 4) is 0 Å². The summed E-state index contributed by atoms with van der Waals surface area (Å²) in [4.78, 5) is 17.6. The van der Waals surface area contributed by atoms with Crippen LogP contribution in [0, 0.1) is 5.82 Å². The van der Waals surface area contributed by atoms with Crippen molar-refractivity contribution in [2.24, 2.45) is 0 Å². The van der Waals surface area contributed by atoms with Gasteiger partial charge < -0.3 is 5.32 Å². The van der Waals surface area contributed by atoms with Crippen LogP contribution in [0.15, 0.2) is 24.3 Å². The highest BCUT2D eigenvalue weighted by molar-refractivity contribution is 6.00. The van der Waals surface area contributed by atoms with Crippen LogP contribution >= 0.6 is 0 Å². The number of carbonyl (C=O) groups excluding carboxylic acids is 1. The Kier molecular flexibility index (Phi) is 5.75. The molecule has 1 N–H and O–H groups in total. The summed E-state index contributed by atoms with van der Waals surface area (Å²) >= 11 is 0. The number of likely N-dealkylation sites (tertiary alicyclic amines) is 1. The molecule has 126 valence electrons. The van der Waals surface area contributed by atoms with Crippen molar-refractivity contribution in [3.63, 3.8) is 0 Å². The first-order valence-electron chi connectivity index (χ1n) is 8.71. The number of benzene rings is 1. The molecule has 1 unspecified atom stereocenters. The second-order valence-corrected chi connectivity index (χ2v) is 6.51. The highest BCUT2D eigenvalue weighted by Gasteiger charge is 2.29. The summed E-state index contributed by atoms with van der Waals surface area (Å²) < 4.78 is 13.1. The Labute approximate surface area is 137 Å². The lowest BCUT2D eigenvalue weighted by molar-refractivity contribution is 0.0711. The normalized spacial score (nSPS) is 23.8. The molecule has 4 nitrogen and oxygen atoms in total. The van der Waals surface area contributed by atoms with Crippen LogP contribution in [0.25, 0.3) is 0 Å². The number of ketones is 1. The SMILES string of the molecule is O=C(c1ccc(F)cc1)C1CCCCN1CCN1CCNCC1. The average molecular weight is 319 g/mol. The number of nitrogens with one attached hydrogen (secondary N) is 1. The molecule has 1 aromatic rings. The van der Waals surface area contributed by atoms with Gasteiger partial charge in [-0.2, -0.15) is 0 Å². The number of carbonyl (C=O) groups is 1. The fourth-order valence-corrected chi connectivity index (χ4v) is 3.57. The second kappa shape index (κ2) is 7.99. The molecule has 1 atom stereocenters. The standard InChI is InChI=1S/C18H26FN3O/c19-16-6-4-15(5-7-16)18(23)17-3-1-2-10-22(17)14-13-21-11-8-20-9-12-21/h4-7,17,20H,1-3,8-14H2. The molecule has 0 aliphatic carbocycles. The minimum Gasteiger partial charge on any atom is -0.314 e. The summed E-state index contributed by atoms with van der Waals surface area (Å²) in [6.45, 7) is 7.24. The van der Waals surface area contributed by atoms with E-state index in [-0.39, 0.29) is 17.6 Å². The van der Waals surface area contributed by atoms with Crippen LogP contribution in [0.2, 0.25) is 0 Å². The fraction of sp³-hybridized carbons (Fsp3) is 0.611. The maximum Gasteiger partial charge on any atom is 0.179 e. The summed E-state index contributed by atoms with van der Waals surface area (Å²) in [7, 11) is 0. The molecule has 5 heteroatoms. The molecule has 1 aromatic carbocycles. The Bertz CT molecular complexity index is 514. The van der Waals surface area contributed by atoms with Gasteiger partial charge in [-0.25, -0.2) is 4.39 Å². The first-order valence-corrected chi connectivity index (χ1v) is 8.71. The highest BCUT2D eigenvalue weighted by Crippen LogP contribution is 2.21. The molecule has 0 spiro atoms. The third kappa shape index (κ3) is 4.37. The molecule has 2 aliphatic heterocycles. The Morgan fingerprint density at radius 3 is 2.57 bits per heavy atom. The average Bonchev–Trinajstić information content (AvgIpc) is 2.61. The predicted molar refractivity (Wildman–Crippen MR) is 89.3 cm³/mol. The van der Waals surface area contributed by atoms with Crippen LogP contribution in [0.5, 0.6) is 0 Å². The van der Waals surface area contributed by atoms with Crippen molar-refractivity contribution in [2.45, 2.75) is 25.3 Å². The van der Waals surface area contributed by atoms with Crippen LogP contribution in [0.4, 0.5) is 4.39 Å². The summed E-state index contributed by atoms with van der Waals surface area (Å²) in [6.07, 6.45) is 3.17. The van der Waals surface area contributed by atoms with Crippen molar-refractivity contribution in [1.82, 2.24) is 15.1 Å². The minimum absolute atomic E-state index is 0.0443. The van der Waals surface area contributed by atoms with Crippen molar-refractivity contribution in [2.75, 3.05) is 45.8 Å². The number of piperazine rings is 1. The zero-order chi connectivity index (χ0) is 16.1. The number of piperidine rings is 1. The lowest BCUT2D eigenvalue weighted by Crippen LogP contribution is -2.50. The molecule has 2 fully saturated rings. The Morgan fingerprint density at radius 1 is 1.09 bits per heavy atom. The van der Waals surface area contributed by atoms with Crippen molar-refractivity contribution in [3.05, 3.63) is 35.6 Å². The molecule has 2 heterocycles. The van der Waals surface area contributed by atoms with Gasteiger partial charge in [0.1, 0.15) is 5.82 Å². The molecule has 2 aliphatic rings. The number of hydrogen-bond donors (Lipinski definition) is 1. The van der Waals surface area contributed by atoms with E-state index in [4.69, 9.17) is 0 Å². The van der Waals surface area contributed by atoms with E-state index in [0.717, 1.165) is 65.1 Å². The molecule has 0 radical (unpaired) electrons. The Morgan fingerprint density at radius 2 is 1.83 bits per heavy atom. The zero-order valence-electron chi connectivity index (χ0n) is 13.6. The van der Waals surface area contributed by atoms with Gasteiger partial charge in [0.2, 0.25) is 0 Å². The quantitative estimate of drug-likeness (QED) is 0.839. The first kappa shape index (κ1) is 16.6. The van der Waals surface area contributed by atoms with E-state index in [1.54, 1.807) is 12.1 Å². The van der Waals surface area contributed by atoms with Crippen LogP contribution in [-0.4, -0.2) is 67.4 Å². The topological polar surface area (TPSA) is 35.6 Å². The van der Waals surface area contributed by atoms with Gasteiger partial charge in [0.05, 0.1) is 6.04 Å². The molecule has 0 saturated carbocycles. The molecule has 3 rings (SSSR count). The van der Waals surface area contributed by atoms with Gasteiger partial charge in [-0.05, 0) is 43.7 Å². The molecule has 2 saturated heterocycles. The van der Waals surface area contributed by atoms with E-state index in [1.165, 1.54) is 12.1 Å². The Hall–Kier alpha value is -1.30. The van der Waals surface area contributed by atoms with Crippen LogP contribution in [0.1, 0.15) is 29.6 Å². The van der Waals surface area contributed by atoms with E-state index in [9.17, 15) is 9.18 Å². The number of nitrogens with zero attached hydrogens (tertiary/aromatic N) is 2. The van der Waals surface area contributed by atoms with Gasteiger partial charge in [-0.3, -0.25) is 14.6 Å². The summed E-state index contributed by atoms with van der Waals surface area (Å²) in [6, 6.07) is 5.93. The largest absolute Gasteiger partial charge is 0.314 e. The van der Waals surface area contributed by atoms with Gasteiger partial charge in [-0.15, -0.1) is 0 Å². The van der Waals surface area contributed by atoms with Gasteiger partial charge in [-0.1, -0.05) is 6.42 Å². The predicted octanol–water partition coefficient (Wildman–Crippen LogP) is 1.77. The van der Waals surface area contributed by atoms with E-state index in [2.05, 4.69) is 15.1 Å². The zero-order valence-corrected chi connectivity index (χ0v) is 13.6. The molecular formula is C18H26FN3O. The number of Topliss-reactive ketones (excluding diaryl/α,β-unsaturated/α-hetero) is 1. The van der Waals surface area contributed by atoms with Gasteiger partial charge in [0.15, 0.2) is 5.78 Å². The lowest BCUT2D eigenvalue weighted by Gasteiger charge is -2.37. The third-order valence-electron chi connectivity index (χ3n) is 4.96. The van der Waals surface area contributed by atoms with E-state index < -0.39 is 0 Å². The molecule has 0 bridgehead atoms. The van der Waals surface area contributed by atoms with Crippen molar-refractivity contribution < 1.29 is 9.18 Å².